The van der Waals surface area contributed by atoms with Crippen molar-refractivity contribution >= 4 is 22.9 Å². The van der Waals surface area contributed by atoms with Gasteiger partial charge in [-0.15, -0.1) is 0 Å². The summed E-state index contributed by atoms with van der Waals surface area (Å²) in [5, 5.41) is 8.42. The van der Waals surface area contributed by atoms with Gasteiger partial charge in [0.05, 0.1) is 24.8 Å². The number of hydrogen-bond donors (Lipinski definition) is 1. The predicted octanol–water partition coefficient (Wildman–Crippen LogP) is 5.22. The van der Waals surface area contributed by atoms with E-state index in [0.29, 0.717) is 23.4 Å². The van der Waals surface area contributed by atoms with Crippen LogP contribution in [0, 0.1) is 0 Å². The maximum absolute atomic E-state index is 5.79. The van der Waals surface area contributed by atoms with Crippen LogP contribution in [0.2, 0.25) is 0 Å². The summed E-state index contributed by atoms with van der Waals surface area (Å²) in [6.45, 7) is 7.53. The number of benzene rings is 2. The first-order valence-electron chi connectivity index (χ1n) is 11.4. The summed E-state index contributed by atoms with van der Waals surface area (Å²) >= 11 is 5.75. The molecule has 0 bridgehead atoms. The van der Waals surface area contributed by atoms with Crippen LogP contribution >= 0.6 is 12.2 Å². The number of nitrogens with one attached hydrogen (secondary N) is 1. The molecule has 0 amide bonds. The molecule has 4 rings (SSSR count). The molecule has 34 heavy (non-hydrogen) atoms. The number of ether oxygens (including phenoxy) is 2. The monoisotopic (exact) mass is 478 g/mol. The highest BCUT2D eigenvalue weighted by Gasteiger charge is 2.33. The number of hydrogen-bond acceptors (Lipinski definition) is 6. The maximum atomic E-state index is 5.79. The Morgan fingerprint density at radius 3 is 2.53 bits per heavy atom. The molecule has 0 radical (unpaired) electrons. The standard InChI is InChI=1S/C26H30N4O3S/c1-17(2)32-16-8-15-30-18(3)22(23(27-26(30)34)19-9-6-5-7-10-19)25-28-24(29-33-25)20-11-13-21(31-4)14-12-20/h5-7,9-14,17,23H,8,15-16H2,1-4H3,(H,27,34). The smallest absolute Gasteiger partial charge is 0.258 e. The molecule has 8 heteroatoms. The van der Waals surface area contributed by atoms with Gasteiger partial charge in [0.1, 0.15) is 5.75 Å². The second-order valence-corrected chi connectivity index (χ2v) is 8.76. The van der Waals surface area contributed by atoms with E-state index >= 15 is 0 Å². The van der Waals surface area contributed by atoms with Gasteiger partial charge in [-0.25, -0.2) is 0 Å². The van der Waals surface area contributed by atoms with Crippen LogP contribution in [0.3, 0.4) is 0 Å². The largest absolute Gasteiger partial charge is 0.497 e. The summed E-state index contributed by atoms with van der Waals surface area (Å²) in [7, 11) is 1.64. The molecule has 0 spiro atoms. The van der Waals surface area contributed by atoms with Crippen molar-refractivity contribution in [2.75, 3.05) is 20.3 Å². The highest BCUT2D eigenvalue weighted by Crippen LogP contribution is 2.37. The molecular formula is C26H30N4O3S. The zero-order valence-corrected chi connectivity index (χ0v) is 20.8. The van der Waals surface area contributed by atoms with Gasteiger partial charge < -0.3 is 24.2 Å². The van der Waals surface area contributed by atoms with Crippen LogP contribution in [0.25, 0.3) is 17.0 Å². The molecule has 7 nitrogen and oxygen atoms in total. The third kappa shape index (κ3) is 5.29. The second kappa shape index (κ2) is 10.8. The van der Waals surface area contributed by atoms with Crippen molar-refractivity contribution in [2.24, 2.45) is 0 Å². The lowest BCUT2D eigenvalue weighted by Crippen LogP contribution is -2.46. The number of aromatic nitrogens is 2. The van der Waals surface area contributed by atoms with Gasteiger partial charge in [-0.3, -0.25) is 0 Å². The molecule has 3 aromatic rings. The highest BCUT2D eigenvalue weighted by atomic mass is 32.1. The summed E-state index contributed by atoms with van der Waals surface area (Å²) in [5.74, 6) is 1.77. The maximum Gasteiger partial charge on any atom is 0.258 e. The second-order valence-electron chi connectivity index (χ2n) is 8.37. The lowest BCUT2D eigenvalue weighted by atomic mass is 9.95. The lowest BCUT2D eigenvalue weighted by molar-refractivity contribution is 0.0749. The van der Waals surface area contributed by atoms with Crippen LogP contribution in [0.1, 0.15) is 44.7 Å². The van der Waals surface area contributed by atoms with E-state index in [1.165, 1.54) is 0 Å². The minimum Gasteiger partial charge on any atom is -0.497 e. The number of nitrogens with zero attached hydrogens (tertiary/aromatic N) is 3. The molecule has 178 valence electrons. The van der Waals surface area contributed by atoms with Gasteiger partial charge in [-0.2, -0.15) is 4.98 Å². The van der Waals surface area contributed by atoms with Crippen molar-refractivity contribution in [3.8, 4) is 17.1 Å². The summed E-state index contributed by atoms with van der Waals surface area (Å²) < 4.78 is 16.8. The van der Waals surface area contributed by atoms with Gasteiger partial charge in [0.15, 0.2) is 5.11 Å². The molecular weight excluding hydrogens is 448 g/mol. The van der Waals surface area contributed by atoms with Crippen molar-refractivity contribution in [1.29, 1.82) is 0 Å². The SMILES string of the molecule is COc1ccc(-c2noc(C3=C(C)N(CCCOC(C)C)C(=S)NC3c3ccccc3)n2)cc1. The van der Waals surface area contributed by atoms with Crippen LogP contribution < -0.4 is 10.1 Å². The van der Waals surface area contributed by atoms with Crippen LogP contribution in [-0.2, 0) is 4.74 Å². The van der Waals surface area contributed by atoms with E-state index in [9.17, 15) is 0 Å². The third-order valence-corrected chi connectivity index (χ3v) is 6.05. The van der Waals surface area contributed by atoms with Crippen LogP contribution in [-0.4, -0.2) is 46.5 Å². The van der Waals surface area contributed by atoms with Gasteiger partial charge in [-0.05, 0) is 69.2 Å². The molecule has 0 fully saturated rings. The molecule has 1 N–H and O–H groups in total. The van der Waals surface area contributed by atoms with Crippen molar-refractivity contribution in [2.45, 2.75) is 39.3 Å². The van der Waals surface area contributed by atoms with Crippen molar-refractivity contribution in [1.82, 2.24) is 20.4 Å². The average Bonchev–Trinajstić information content (AvgIpc) is 3.33. The Labute approximate surface area is 205 Å². The number of methoxy groups -OCH3 is 1. The van der Waals surface area contributed by atoms with Crippen LogP contribution in [0.4, 0.5) is 0 Å². The van der Waals surface area contributed by atoms with E-state index in [-0.39, 0.29) is 12.1 Å². The Balaban J connectivity index is 1.68. The van der Waals surface area contributed by atoms with Crippen molar-refractivity contribution < 1.29 is 14.0 Å². The molecule has 2 aromatic carbocycles. The fourth-order valence-electron chi connectivity index (χ4n) is 3.96. The number of thiocarbonyl (C=S) groups is 1. The Kier molecular flexibility index (Phi) is 7.59. The first-order valence-corrected chi connectivity index (χ1v) is 11.8. The third-order valence-electron chi connectivity index (χ3n) is 5.71. The van der Waals surface area contributed by atoms with E-state index in [0.717, 1.165) is 41.1 Å². The molecule has 1 unspecified atom stereocenters. The molecule has 1 aliphatic heterocycles. The van der Waals surface area contributed by atoms with Gasteiger partial charge in [0.2, 0.25) is 5.82 Å². The summed E-state index contributed by atoms with van der Waals surface area (Å²) in [6, 6.07) is 17.6. The van der Waals surface area contributed by atoms with Crippen molar-refractivity contribution in [3.05, 3.63) is 71.7 Å². The van der Waals surface area contributed by atoms with Gasteiger partial charge in [0.25, 0.3) is 5.89 Å². The van der Waals surface area contributed by atoms with E-state index in [1.54, 1.807) is 7.11 Å². The molecule has 0 aliphatic carbocycles. The van der Waals surface area contributed by atoms with E-state index in [1.807, 2.05) is 56.3 Å². The quantitative estimate of drug-likeness (QED) is 0.331. The summed E-state index contributed by atoms with van der Waals surface area (Å²) in [4.78, 5) is 6.84. The molecule has 1 atom stereocenters. The minimum absolute atomic E-state index is 0.193. The topological polar surface area (TPSA) is 72.7 Å². The average molecular weight is 479 g/mol. The van der Waals surface area contributed by atoms with E-state index in [4.69, 9.17) is 31.2 Å². The predicted molar refractivity (Wildman–Crippen MR) is 136 cm³/mol. The molecule has 2 heterocycles. The van der Waals surface area contributed by atoms with E-state index < -0.39 is 0 Å². The van der Waals surface area contributed by atoms with Gasteiger partial charge in [-0.1, -0.05) is 35.5 Å². The Morgan fingerprint density at radius 1 is 1.12 bits per heavy atom. The Morgan fingerprint density at radius 2 is 1.85 bits per heavy atom. The highest BCUT2D eigenvalue weighted by molar-refractivity contribution is 7.80. The summed E-state index contributed by atoms with van der Waals surface area (Å²) in [5.41, 5.74) is 3.84. The Bertz CT molecular complexity index is 1140. The molecule has 0 saturated carbocycles. The van der Waals surface area contributed by atoms with Gasteiger partial charge >= 0.3 is 0 Å². The summed E-state index contributed by atoms with van der Waals surface area (Å²) in [6.07, 6.45) is 1.05. The fraction of sp³-hybridized carbons (Fsp3) is 0.346. The van der Waals surface area contributed by atoms with E-state index in [2.05, 4.69) is 34.4 Å². The minimum atomic E-state index is -0.193. The first-order chi connectivity index (χ1) is 16.5. The lowest BCUT2D eigenvalue weighted by Gasteiger charge is -2.37. The zero-order chi connectivity index (χ0) is 24.1. The first kappa shape index (κ1) is 23.9. The van der Waals surface area contributed by atoms with Crippen LogP contribution in [0.5, 0.6) is 5.75 Å². The normalized spacial score (nSPS) is 16.2. The van der Waals surface area contributed by atoms with Crippen molar-refractivity contribution in [3.63, 3.8) is 0 Å². The van der Waals surface area contributed by atoms with Gasteiger partial charge in [0, 0.05) is 24.4 Å². The number of rotatable bonds is 9. The fourth-order valence-corrected chi connectivity index (χ4v) is 4.30. The zero-order valence-electron chi connectivity index (χ0n) is 19.9. The number of allylic oxidation sites excluding steroid dienone is 1. The molecule has 0 saturated heterocycles. The van der Waals surface area contributed by atoms with Crippen LogP contribution in [0.15, 0.2) is 64.8 Å². The Hall–Kier alpha value is -3.23. The molecule has 1 aliphatic rings. The molecule has 1 aromatic heterocycles.